The fourth-order valence-corrected chi connectivity index (χ4v) is 0.450. The van der Waals surface area contributed by atoms with Gasteiger partial charge in [0.2, 0.25) is 0 Å². The topological polar surface area (TPSA) is 63.6 Å². The van der Waals surface area contributed by atoms with Crippen molar-refractivity contribution < 1.29 is 18.3 Å². The molecule has 0 saturated heterocycles. The van der Waals surface area contributed by atoms with Gasteiger partial charge < -0.3 is 9.29 Å². The van der Waals surface area contributed by atoms with Gasteiger partial charge in [0, 0.05) is 6.42 Å². The lowest BCUT2D eigenvalue weighted by atomic mass is 10.5. The van der Waals surface area contributed by atoms with Gasteiger partial charge in [-0.1, -0.05) is 6.92 Å². The molecule has 0 aromatic carbocycles. The van der Waals surface area contributed by atoms with Crippen molar-refractivity contribution in [1.29, 1.82) is 0 Å². The molecule has 4 nitrogen and oxygen atoms in total. The van der Waals surface area contributed by atoms with E-state index < -0.39 is 23.0 Å². The Hall–Kier alpha value is -0.420. The van der Waals surface area contributed by atoms with Gasteiger partial charge in [0.15, 0.2) is 17.0 Å². The Morgan fingerprint density at radius 2 is 2.33 bits per heavy atom. The maximum atomic E-state index is 10.2. The van der Waals surface area contributed by atoms with E-state index in [1.165, 1.54) is 0 Å². The van der Waals surface area contributed by atoms with Crippen LogP contribution in [0.2, 0.25) is 0 Å². The molecule has 0 heterocycles. The van der Waals surface area contributed by atoms with Crippen LogP contribution < -0.4 is 0 Å². The zero-order chi connectivity index (χ0) is 7.28. The monoisotopic (exact) mass is 152 g/mol. The van der Waals surface area contributed by atoms with E-state index >= 15 is 0 Å². The molecule has 0 aliphatic carbocycles. The first-order valence-electron chi connectivity index (χ1n) is 2.40. The number of hydrogen-bond donors (Lipinski definition) is 1. The molecular formula is C4H8O4S. The van der Waals surface area contributed by atoms with E-state index in [2.05, 4.69) is 4.74 Å². The molecule has 0 fully saturated rings. The molecule has 0 spiro atoms. The second-order valence-corrected chi connectivity index (χ2v) is 2.19. The minimum Gasteiger partial charge on any atom is -0.449 e. The van der Waals surface area contributed by atoms with Crippen LogP contribution in [0.25, 0.3) is 0 Å². The predicted octanol–water partition coefficient (Wildman–Crippen LogP) is 0.119. The third kappa shape index (κ3) is 5.45. The maximum absolute atomic E-state index is 10.2. The zero-order valence-corrected chi connectivity index (χ0v) is 5.81. The Labute approximate surface area is 55.5 Å². The van der Waals surface area contributed by atoms with Gasteiger partial charge in [-0.15, -0.1) is 0 Å². The highest BCUT2D eigenvalue weighted by Crippen LogP contribution is 1.84. The molecule has 5 heteroatoms. The third-order valence-electron chi connectivity index (χ3n) is 0.609. The lowest BCUT2D eigenvalue weighted by molar-refractivity contribution is -0.141. The molecule has 0 aromatic rings. The van der Waals surface area contributed by atoms with Crippen LogP contribution in [0.1, 0.15) is 13.3 Å². The SMILES string of the molecule is CCC(=O)OCS(=O)O. The van der Waals surface area contributed by atoms with Crippen molar-refractivity contribution in [3.05, 3.63) is 0 Å². The van der Waals surface area contributed by atoms with Crippen molar-refractivity contribution in [2.45, 2.75) is 13.3 Å². The molecule has 0 radical (unpaired) electrons. The molecule has 0 bridgehead atoms. The van der Waals surface area contributed by atoms with Gasteiger partial charge in [-0.2, -0.15) is 0 Å². The fourth-order valence-electron chi connectivity index (χ4n) is 0.218. The summed E-state index contributed by atoms with van der Waals surface area (Å²) in [6.45, 7) is 1.61. The summed E-state index contributed by atoms with van der Waals surface area (Å²) in [7, 11) is 0. The molecule has 0 aliphatic rings. The Kier molecular flexibility index (Phi) is 4.25. The standard InChI is InChI=1S/C4H8O4S/c1-2-4(5)8-3-9(6)7/h2-3H2,1H3,(H,6,7). The molecule has 0 rings (SSSR count). The van der Waals surface area contributed by atoms with Crippen molar-refractivity contribution in [3.8, 4) is 0 Å². The van der Waals surface area contributed by atoms with E-state index in [0.717, 1.165) is 0 Å². The number of carbonyl (C=O) groups is 1. The predicted molar refractivity (Wildman–Crippen MR) is 32.0 cm³/mol. The first kappa shape index (κ1) is 8.58. The third-order valence-corrected chi connectivity index (χ3v) is 0.929. The van der Waals surface area contributed by atoms with E-state index in [4.69, 9.17) is 4.55 Å². The van der Waals surface area contributed by atoms with Gasteiger partial charge in [0.1, 0.15) is 0 Å². The van der Waals surface area contributed by atoms with Crippen LogP contribution in [-0.4, -0.2) is 20.7 Å². The molecule has 1 unspecified atom stereocenters. The zero-order valence-electron chi connectivity index (χ0n) is 4.99. The van der Waals surface area contributed by atoms with E-state index in [1.807, 2.05) is 0 Å². The van der Waals surface area contributed by atoms with Gasteiger partial charge in [-0.05, 0) is 0 Å². The van der Waals surface area contributed by atoms with Crippen LogP contribution in [0.5, 0.6) is 0 Å². The van der Waals surface area contributed by atoms with E-state index in [1.54, 1.807) is 6.92 Å². The number of esters is 1. The van der Waals surface area contributed by atoms with Crippen LogP contribution in [0, 0.1) is 0 Å². The maximum Gasteiger partial charge on any atom is 0.306 e. The summed E-state index contributed by atoms with van der Waals surface area (Å²) in [6, 6.07) is 0. The summed E-state index contributed by atoms with van der Waals surface area (Å²) in [5.41, 5.74) is 0. The van der Waals surface area contributed by atoms with Crippen molar-refractivity contribution in [2.24, 2.45) is 0 Å². The average Bonchev–Trinajstić information content (AvgIpc) is 1.83. The van der Waals surface area contributed by atoms with Crippen molar-refractivity contribution in [1.82, 2.24) is 0 Å². The minimum atomic E-state index is -2.03. The van der Waals surface area contributed by atoms with E-state index in [9.17, 15) is 9.00 Å². The lowest BCUT2D eigenvalue weighted by Crippen LogP contribution is -2.07. The second kappa shape index (κ2) is 4.46. The van der Waals surface area contributed by atoms with Crippen molar-refractivity contribution in [3.63, 3.8) is 0 Å². The Bertz CT molecular complexity index is 122. The number of carbonyl (C=O) groups excluding carboxylic acids is 1. The highest BCUT2D eigenvalue weighted by atomic mass is 32.2. The number of hydrogen-bond acceptors (Lipinski definition) is 3. The van der Waals surface area contributed by atoms with Gasteiger partial charge >= 0.3 is 5.97 Å². The Morgan fingerprint density at radius 3 is 2.67 bits per heavy atom. The highest BCUT2D eigenvalue weighted by molar-refractivity contribution is 7.79. The summed E-state index contributed by atoms with van der Waals surface area (Å²) in [6.07, 6.45) is 0.233. The van der Waals surface area contributed by atoms with Gasteiger partial charge in [-0.25, -0.2) is 4.21 Å². The second-order valence-electron chi connectivity index (χ2n) is 1.31. The molecule has 0 amide bonds. The molecule has 0 saturated carbocycles. The fraction of sp³-hybridized carbons (Fsp3) is 0.750. The van der Waals surface area contributed by atoms with Crippen LogP contribution in [-0.2, 0) is 20.6 Å². The van der Waals surface area contributed by atoms with Crippen LogP contribution in [0.15, 0.2) is 0 Å². The average molecular weight is 152 g/mol. The molecule has 1 atom stereocenters. The first-order valence-corrected chi connectivity index (χ1v) is 3.67. The summed E-state index contributed by atoms with van der Waals surface area (Å²) in [5.74, 6) is -0.885. The van der Waals surface area contributed by atoms with Crippen molar-refractivity contribution in [2.75, 3.05) is 5.94 Å². The van der Waals surface area contributed by atoms with Gasteiger partial charge in [0.05, 0.1) is 0 Å². The normalized spacial score (nSPS) is 12.7. The summed E-state index contributed by atoms with van der Waals surface area (Å²) < 4.78 is 22.2. The van der Waals surface area contributed by atoms with Crippen LogP contribution >= 0.6 is 0 Å². The Morgan fingerprint density at radius 1 is 1.78 bits per heavy atom. The van der Waals surface area contributed by atoms with Crippen LogP contribution in [0.3, 0.4) is 0 Å². The summed E-state index contributed by atoms with van der Waals surface area (Å²) in [4.78, 5) is 10.2. The molecule has 54 valence electrons. The van der Waals surface area contributed by atoms with Crippen molar-refractivity contribution >= 4 is 17.0 Å². The van der Waals surface area contributed by atoms with Gasteiger partial charge in [0.25, 0.3) is 0 Å². The lowest BCUT2D eigenvalue weighted by Gasteiger charge is -1.96. The molecule has 1 N–H and O–H groups in total. The largest absolute Gasteiger partial charge is 0.449 e. The summed E-state index contributed by atoms with van der Waals surface area (Å²) >= 11 is -2.03. The first-order chi connectivity index (χ1) is 4.16. The van der Waals surface area contributed by atoms with E-state index in [0.29, 0.717) is 0 Å². The molecule has 0 aromatic heterocycles. The summed E-state index contributed by atoms with van der Waals surface area (Å²) in [5, 5.41) is 0. The Balaban J connectivity index is 3.28. The van der Waals surface area contributed by atoms with E-state index in [-0.39, 0.29) is 6.42 Å². The molecule has 9 heavy (non-hydrogen) atoms. The minimum absolute atomic E-state index is 0.233. The quantitative estimate of drug-likeness (QED) is 0.461. The smallest absolute Gasteiger partial charge is 0.306 e. The van der Waals surface area contributed by atoms with Crippen LogP contribution in [0.4, 0.5) is 0 Å². The number of ether oxygens (including phenoxy) is 1. The highest BCUT2D eigenvalue weighted by Gasteiger charge is 1.98. The molecular weight excluding hydrogens is 144 g/mol. The molecule has 0 aliphatic heterocycles. The number of rotatable bonds is 3. The van der Waals surface area contributed by atoms with Gasteiger partial charge in [-0.3, -0.25) is 4.79 Å².